The third-order valence-electron chi connectivity index (χ3n) is 3.11. The summed E-state index contributed by atoms with van der Waals surface area (Å²) in [5.41, 5.74) is -0.0499. The third-order valence-corrected chi connectivity index (χ3v) is 5.53. The molecule has 10 heteroatoms. The Morgan fingerprint density at radius 3 is 2.54 bits per heavy atom. The molecule has 2 aromatic carbocycles. The molecule has 0 aromatic heterocycles. The quantitative estimate of drug-likeness (QED) is 0.315. The minimum atomic E-state index is -3.98. The molecule has 0 aliphatic carbocycles. The maximum absolute atomic E-state index is 12.4. The zero-order valence-corrected chi connectivity index (χ0v) is 15.4. The SMILES string of the molecule is CCOC(=O)CSc1ccc(S(=O)(=O)Nc2ccccc2)cc1[N+](=O)[O-]. The van der Waals surface area contributed by atoms with E-state index < -0.39 is 26.6 Å². The fourth-order valence-electron chi connectivity index (χ4n) is 1.99. The van der Waals surface area contributed by atoms with Gasteiger partial charge in [-0.15, -0.1) is 11.8 Å². The van der Waals surface area contributed by atoms with Gasteiger partial charge in [-0.25, -0.2) is 8.42 Å². The van der Waals surface area contributed by atoms with Gasteiger partial charge in [0, 0.05) is 11.8 Å². The van der Waals surface area contributed by atoms with E-state index in [-0.39, 0.29) is 22.2 Å². The van der Waals surface area contributed by atoms with E-state index in [2.05, 4.69) is 4.72 Å². The molecule has 0 amide bonds. The van der Waals surface area contributed by atoms with Crippen molar-refractivity contribution in [3.05, 3.63) is 58.6 Å². The number of hydrogen-bond donors (Lipinski definition) is 1. The molecule has 0 aliphatic heterocycles. The van der Waals surface area contributed by atoms with Gasteiger partial charge in [-0.3, -0.25) is 19.6 Å². The van der Waals surface area contributed by atoms with E-state index in [0.29, 0.717) is 5.69 Å². The minimum absolute atomic E-state index is 0.108. The van der Waals surface area contributed by atoms with Crippen LogP contribution in [-0.2, 0) is 19.6 Å². The van der Waals surface area contributed by atoms with Gasteiger partial charge in [-0.2, -0.15) is 0 Å². The summed E-state index contributed by atoms with van der Waals surface area (Å²) in [6, 6.07) is 11.7. The first-order chi connectivity index (χ1) is 12.3. The summed E-state index contributed by atoms with van der Waals surface area (Å²) in [6.45, 7) is 1.87. The van der Waals surface area contributed by atoms with E-state index in [1.165, 1.54) is 12.1 Å². The van der Waals surface area contributed by atoms with Gasteiger partial charge >= 0.3 is 5.97 Å². The lowest BCUT2D eigenvalue weighted by atomic mass is 10.3. The van der Waals surface area contributed by atoms with Gasteiger partial charge in [-0.05, 0) is 31.2 Å². The molecular formula is C16H16N2O6S2. The van der Waals surface area contributed by atoms with Crippen LogP contribution in [0.15, 0.2) is 58.3 Å². The first-order valence-electron chi connectivity index (χ1n) is 7.48. The minimum Gasteiger partial charge on any atom is -0.465 e. The molecule has 1 N–H and O–H groups in total. The Hall–Kier alpha value is -2.59. The molecule has 0 aliphatic rings. The second-order valence-electron chi connectivity index (χ2n) is 4.95. The summed E-state index contributed by atoms with van der Waals surface area (Å²) in [5.74, 6) is -0.613. The van der Waals surface area contributed by atoms with Gasteiger partial charge < -0.3 is 4.74 Å². The first kappa shape index (κ1) is 19.7. The number of ether oxygens (including phenoxy) is 1. The van der Waals surface area contributed by atoms with Crippen LogP contribution in [0.2, 0.25) is 0 Å². The smallest absolute Gasteiger partial charge is 0.316 e. The van der Waals surface area contributed by atoms with E-state index >= 15 is 0 Å². The van der Waals surface area contributed by atoms with Gasteiger partial charge in [-0.1, -0.05) is 18.2 Å². The number of nitro benzene ring substituents is 1. The Balaban J connectivity index is 2.26. The number of nitrogens with one attached hydrogen (secondary N) is 1. The molecule has 138 valence electrons. The van der Waals surface area contributed by atoms with Crippen molar-refractivity contribution in [2.45, 2.75) is 16.7 Å². The summed E-state index contributed by atoms with van der Waals surface area (Å²) >= 11 is 0.915. The number of benzene rings is 2. The Morgan fingerprint density at radius 1 is 1.23 bits per heavy atom. The van der Waals surface area contributed by atoms with Crippen LogP contribution < -0.4 is 4.72 Å². The lowest BCUT2D eigenvalue weighted by Crippen LogP contribution is -2.13. The number of thioether (sulfide) groups is 1. The fraction of sp³-hybridized carbons (Fsp3) is 0.188. The molecule has 0 fully saturated rings. The Kier molecular flexibility index (Phi) is 6.58. The Labute approximate surface area is 154 Å². The molecule has 26 heavy (non-hydrogen) atoms. The van der Waals surface area contributed by atoms with Crippen LogP contribution in [-0.4, -0.2) is 31.7 Å². The molecule has 0 heterocycles. The first-order valence-corrected chi connectivity index (χ1v) is 9.95. The summed E-state index contributed by atoms with van der Waals surface area (Å²) in [5, 5.41) is 11.3. The van der Waals surface area contributed by atoms with Crippen molar-refractivity contribution in [2.24, 2.45) is 0 Å². The van der Waals surface area contributed by atoms with Crippen LogP contribution in [0.3, 0.4) is 0 Å². The van der Waals surface area contributed by atoms with E-state index in [4.69, 9.17) is 4.74 Å². The molecule has 2 rings (SSSR count). The number of para-hydroxylation sites is 1. The van der Waals surface area contributed by atoms with Gasteiger partial charge in [0.15, 0.2) is 0 Å². The molecule has 0 unspecified atom stereocenters. The van der Waals surface area contributed by atoms with E-state index in [0.717, 1.165) is 17.8 Å². The summed E-state index contributed by atoms with van der Waals surface area (Å²) in [6.07, 6.45) is 0. The Morgan fingerprint density at radius 2 is 1.92 bits per heavy atom. The van der Waals surface area contributed by atoms with Crippen molar-refractivity contribution < 1.29 is 22.9 Å². The lowest BCUT2D eigenvalue weighted by molar-refractivity contribution is -0.388. The van der Waals surface area contributed by atoms with Crippen LogP contribution in [0.1, 0.15) is 6.92 Å². The molecule has 0 radical (unpaired) electrons. The number of esters is 1. The normalized spacial score (nSPS) is 11.0. The molecular weight excluding hydrogens is 380 g/mol. The van der Waals surface area contributed by atoms with Crippen molar-refractivity contribution in [3.63, 3.8) is 0 Å². The highest BCUT2D eigenvalue weighted by molar-refractivity contribution is 8.00. The number of rotatable bonds is 8. The number of anilines is 1. The zero-order valence-electron chi connectivity index (χ0n) is 13.7. The van der Waals surface area contributed by atoms with Gasteiger partial charge in [0.25, 0.3) is 15.7 Å². The van der Waals surface area contributed by atoms with Crippen LogP contribution in [0.25, 0.3) is 0 Å². The van der Waals surface area contributed by atoms with E-state index in [1.54, 1.807) is 37.3 Å². The highest BCUT2D eigenvalue weighted by Crippen LogP contribution is 2.32. The fourth-order valence-corrected chi connectivity index (χ4v) is 3.87. The number of nitro groups is 1. The van der Waals surface area contributed by atoms with Crippen LogP contribution >= 0.6 is 11.8 Å². The summed E-state index contributed by atoms with van der Waals surface area (Å²) < 4.78 is 32.0. The number of carbonyl (C=O) groups excluding carboxylic acids is 1. The van der Waals surface area contributed by atoms with E-state index in [9.17, 15) is 23.3 Å². The largest absolute Gasteiger partial charge is 0.465 e. The predicted molar refractivity (Wildman–Crippen MR) is 97.7 cm³/mol. The average Bonchev–Trinajstić information content (AvgIpc) is 2.60. The molecule has 0 saturated heterocycles. The molecule has 0 atom stereocenters. The molecule has 0 spiro atoms. The highest BCUT2D eigenvalue weighted by Gasteiger charge is 2.22. The zero-order chi connectivity index (χ0) is 19.2. The van der Waals surface area contributed by atoms with Gasteiger partial charge in [0.1, 0.15) is 0 Å². The molecule has 0 bridgehead atoms. The van der Waals surface area contributed by atoms with Crippen LogP contribution in [0, 0.1) is 10.1 Å². The van der Waals surface area contributed by atoms with Crippen molar-refractivity contribution in [2.75, 3.05) is 17.1 Å². The van der Waals surface area contributed by atoms with E-state index in [1.807, 2.05) is 0 Å². The Bertz CT molecular complexity index is 900. The number of hydrogen-bond acceptors (Lipinski definition) is 7. The average molecular weight is 396 g/mol. The predicted octanol–water partition coefficient (Wildman–Crippen LogP) is 3.05. The second kappa shape index (κ2) is 8.68. The van der Waals surface area contributed by atoms with Crippen molar-refractivity contribution in [1.82, 2.24) is 0 Å². The standard InChI is InChI=1S/C16H16N2O6S2/c1-2-24-16(19)11-25-15-9-8-13(10-14(15)18(20)21)26(22,23)17-12-6-4-3-5-7-12/h3-10,17H,2,11H2,1H3. The van der Waals surface area contributed by atoms with Crippen LogP contribution in [0.4, 0.5) is 11.4 Å². The van der Waals surface area contributed by atoms with Gasteiger partial charge in [0.05, 0.1) is 27.1 Å². The van der Waals surface area contributed by atoms with Gasteiger partial charge in [0.2, 0.25) is 0 Å². The molecule has 2 aromatic rings. The molecule has 8 nitrogen and oxygen atoms in total. The van der Waals surface area contributed by atoms with Crippen LogP contribution in [0.5, 0.6) is 0 Å². The van der Waals surface area contributed by atoms with Crippen molar-refractivity contribution in [3.8, 4) is 0 Å². The third kappa shape index (κ3) is 5.20. The maximum atomic E-state index is 12.4. The second-order valence-corrected chi connectivity index (χ2v) is 7.65. The van der Waals surface area contributed by atoms with Crippen molar-refractivity contribution >= 4 is 39.1 Å². The monoisotopic (exact) mass is 396 g/mol. The topological polar surface area (TPSA) is 116 Å². The summed E-state index contributed by atoms with van der Waals surface area (Å²) in [4.78, 5) is 22.0. The maximum Gasteiger partial charge on any atom is 0.316 e. The number of nitrogens with zero attached hydrogens (tertiary/aromatic N) is 1. The number of sulfonamides is 1. The summed E-state index contributed by atoms with van der Waals surface area (Å²) in [7, 11) is -3.98. The molecule has 0 saturated carbocycles. The lowest BCUT2D eigenvalue weighted by Gasteiger charge is -2.09. The highest BCUT2D eigenvalue weighted by atomic mass is 32.2. The number of carbonyl (C=O) groups is 1. The van der Waals surface area contributed by atoms with Crippen molar-refractivity contribution in [1.29, 1.82) is 0 Å².